The highest BCUT2D eigenvalue weighted by atomic mass is 19.4. The van der Waals surface area contributed by atoms with Gasteiger partial charge in [0.15, 0.2) is 5.78 Å². The Kier molecular flexibility index (Phi) is 3.66. The Labute approximate surface area is 115 Å². The summed E-state index contributed by atoms with van der Waals surface area (Å²) in [6.07, 6.45) is -4.54. The van der Waals surface area contributed by atoms with E-state index in [0.717, 1.165) is 24.1 Å². The summed E-state index contributed by atoms with van der Waals surface area (Å²) in [4.78, 5) is 11.3. The van der Waals surface area contributed by atoms with Crippen LogP contribution in [0.2, 0.25) is 0 Å². The van der Waals surface area contributed by atoms with Crippen LogP contribution in [0.5, 0.6) is 0 Å². The number of hydrogen-bond acceptors (Lipinski definition) is 1. The molecule has 0 aromatic heterocycles. The number of rotatable bonds is 2. The predicted octanol–water partition coefficient (Wildman–Crippen LogP) is 4.88. The van der Waals surface area contributed by atoms with Gasteiger partial charge in [-0.1, -0.05) is 36.4 Å². The maximum absolute atomic E-state index is 13.1. The monoisotopic (exact) mass is 278 g/mol. The van der Waals surface area contributed by atoms with Gasteiger partial charge >= 0.3 is 6.18 Å². The Bertz CT molecular complexity index is 657. The van der Waals surface area contributed by atoms with E-state index >= 15 is 0 Å². The summed E-state index contributed by atoms with van der Waals surface area (Å²) >= 11 is 0. The lowest BCUT2D eigenvalue weighted by Gasteiger charge is -2.14. The molecule has 104 valence electrons. The summed E-state index contributed by atoms with van der Waals surface area (Å²) in [5, 5.41) is 0. The second-order valence-corrected chi connectivity index (χ2v) is 4.63. The van der Waals surface area contributed by atoms with Gasteiger partial charge in [-0.05, 0) is 36.6 Å². The zero-order valence-electron chi connectivity index (χ0n) is 11.1. The lowest BCUT2D eigenvalue weighted by molar-refractivity contribution is -0.137. The second kappa shape index (κ2) is 5.12. The van der Waals surface area contributed by atoms with Crippen LogP contribution in [0.15, 0.2) is 42.5 Å². The quantitative estimate of drug-likeness (QED) is 0.715. The highest BCUT2D eigenvalue weighted by Gasteiger charge is 2.34. The van der Waals surface area contributed by atoms with E-state index in [2.05, 4.69) is 0 Å². The first-order valence-corrected chi connectivity index (χ1v) is 6.09. The van der Waals surface area contributed by atoms with Crippen LogP contribution in [0.4, 0.5) is 13.2 Å². The summed E-state index contributed by atoms with van der Waals surface area (Å²) in [6, 6.07) is 11.0. The van der Waals surface area contributed by atoms with Crippen LogP contribution >= 0.6 is 0 Å². The number of ketones is 1. The van der Waals surface area contributed by atoms with E-state index in [0.29, 0.717) is 5.56 Å². The van der Waals surface area contributed by atoms with Crippen molar-refractivity contribution in [3.8, 4) is 11.1 Å². The lowest BCUT2D eigenvalue weighted by atomic mass is 9.95. The van der Waals surface area contributed by atoms with E-state index in [9.17, 15) is 18.0 Å². The summed E-state index contributed by atoms with van der Waals surface area (Å²) in [6.45, 7) is 2.97. The Hall–Kier alpha value is -2.10. The smallest absolute Gasteiger partial charge is 0.294 e. The molecule has 0 aliphatic rings. The standard InChI is InChI=1S/C16H13F3O/c1-10-5-3-4-6-13(10)12-7-8-14(11(2)20)15(9-12)16(17,18)19/h3-9H,1-2H3. The minimum absolute atomic E-state index is 0.296. The molecule has 0 saturated carbocycles. The molecule has 0 saturated heterocycles. The Morgan fingerprint density at radius 1 is 1.05 bits per heavy atom. The molecule has 0 N–H and O–H groups in total. The Morgan fingerprint density at radius 2 is 1.70 bits per heavy atom. The van der Waals surface area contributed by atoms with Crippen molar-refractivity contribution < 1.29 is 18.0 Å². The minimum atomic E-state index is -4.54. The molecule has 2 aromatic rings. The SMILES string of the molecule is CC(=O)c1ccc(-c2ccccc2C)cc1C(F)(F)F. The average Bonchev–Trinajstić information content (AvgIpc) is 2.37. The van der Waals surface area contributed by atoms with Gasteiger partial charge < -0.3 is 0 Å². The number of carbonyl (C=O) groups is 1. The van der Waals surface area contributed by atoms with E-state index in [1.807, 2.05) is 19.1 Å². The zero-order chi connectivity index (χ0) is 14.9. The fourth-order valence-electron chi connectivity index (χ4n) is 2.15. The van der Waals surface area contributed by atoms with Crippen molar-refractivity contribution >= 4 is 5.78 Å². The van der Waals surface area contributed by atoms with Gasteiger partial charge in [-0.3, -0.25) is 4.79 Å². The maximum atomic E-state index is 13.1. The number of Topliss-reactive ketones (excluding diaryl/α,β-unsaturated/α-hetero) is 1. The van der Waals surface area contributed by atoms with Gasteiger partial charge in [0, 0.05) is 5.56 Å². The van der Waals surface area contributed by atoms with Gasteiger partial charge in [0.25, 0.3) is 0 Å². The topological polar surface area (TPSA) is 17.1 Å². The van der Waals surface area contributed by atoms with Crippen LogP contribution in [-0.2, 0) is 6.18 Å². The molecule has 4 heteroatoms. The molecular weight excluding hydrogens is 265 g/mol. The van der Waals surface area contributed by atoms with E-state index < -0.39 is 17.5 Å². The van der Waals surface area contributed by atoms with Crippen LogP contribution in [0.3, 0.4) is 0 Å². The van der Waals surface area contributed by atoms with Gasteiger partial charge in [0.05, 0.1) is 5.56 Å². The van der Waals surface area contributed by atoms with Crippen LogP contribution in [0.25, 0.3) is 11.1 Å². The van der Waals surface area contributed by atoms with E-state index in [1.54, 1.807) is 18.2 Å². The number of aryl methyl sites for hydroxylation is 1. The molecule has 1 nitrogen and oxygen atoms in total. The van der Waals surface area contributed by atoms with Gasteiger partial charge in [0.1, 0.15) is 0 Å². The molecule has 0 aliphatic heterocycles. The van der Waals surface area contributed by atoms with Crippen molar-refractivity contribution in [3.05, 3.63) is 59.2 Å². The predicted molar refractivity (Wildman–Crippen MR) is 71.6 cm³/mol. The third kappa shape index (κ3) is 2.74. The molecule has 0 spiro atoms. The molecule has 0 amide bonds. The average molecular weight is 278 g/mol. The number of halogens is 3. The fraction of sp³-hybridized carbons (Fsp3) is 0.188. The van der Waals surface area contributed by atoms with Gasteiger partial charge in [-0.2, -0.15) is 13.2 Å². The first-order chi connectivity index (χ1) is 9.30. The summed E-state index contributed by atoms with van der Waals surface area (Å²) < 4.78 is 39.2. The van der Waals surface area contributed by atoms with Gasteiger partial charge in [-0.15, -0.1) is 0 Å². The highest BCUT2D eigenvalue weighted by molar-refractivity contribution is 5.96. The van der Waals surface area contributed by atoms with Crippen LogP contribution < -0.4 is 0 Å². The molecule has 0 fully saturated rings. The van der Waals surface area contributed by atoms with Crippen molar-refractivity contribution in [1.29, 1.82) is 0 Å². The third-order valence-electron chi connectivity index (χ3n) is 3.16. The summed E-state index contributed by atoms with van der Waals surface area (Å²) in [7, 11) is 0. The Balaban J connectivity index is 2.65. The van der Waals surface area contributed by atoms with E-state index in [1.165, 1.54) is 6.07 Å². The number of carbonyl (C=O) groups excluding carboxylic acids is 1. The fourth-order valence-corrected chi connectivity index (χ4v) is 2.15. The first kappa shape index (κ1) is 14.3. The van der Waals surface area contributed by atoms with Crippen molar-refractivity contribution in [1.82, 2.24) is 0 Å². The molecule has 0 unspecified atom stereocenters. The number of hydrogen-bond donors (Lipinski definition) is 0. The van der Waals surface area contributed by atoms with Crippen LogP contribution in [0.1, 0.15) is 28.4 Å². The van der Waals surface area contributed by atoms with Gasteiger partial charge in [0.2, 0.25) is 0 Å². The normalized spacial score (nSPS) is 11.4. The molecule has 0 radical (unpaired) electrons. The Morgan fingerprint density at radius 3 is 2.25 bits per heavy atom. The molecule has 0 heterocycles. The minimum Gasteiger partial charge on any atom is -0.294 e. The molecule has 20 heavy (non-hydrogen) atoms. The number of alkyl halides is 3. The van der Waals surface area contributed by atoms with Crippen LogP contribution in [-0.4, -0.2) is 5.78 Å². The summed E-state index contributed by atoms with van der Waals surface area (Å²) in [5.74, 6) is -0.589. The van der Waals surface area contributed by atoms with Crippen LogP contribution in [0, 0.1) is 6.92 Å². The van der Waals surface area contributed by atoms with E-state index in [-0.39, 0.29) is 5.56 Å². The number of benzene rings is 2. The van der Waals surface area contributed by atoms with Gasteiger partial charge in [-0.25, -0.2) is 0 Å². The van der Waals surface area contributed by atoms with E-state index in [4.69, 9.17) is 0 Å². The largest absolute Gasteiger partial charge is 0.417 e. The molecular formula is C16H13F3O. The van der Waals surface area contributed by atoms with Crippen molar-refractivity contribution in [2.45, 2.75) is 20.0 Å². The third-order valence-corrected chi connectivity index (χ3v) is 3.16. The molecule has 0 bridgehead atoms. The van der Waals surface area contributed by atoms with Crippen molar-refractivity contribution in [2.24, 2.45) is 0 Å². The first-order valence-electron chi connectivity index (χ1n) is 6.09. The maximum Gasteiger partial charge on any atom is 0.417 e. The zero-order valence-corrected chi connectivity index (χ0v) is 11.1. The van der Waals surface area contributed by atoms with Crippen molar-refractivity contribution in [3.63, 3.8) is 0 Å². The lowest BCUT2D eigenvalue weighted by Crippen LogP contribution is -2.11. The highest BCUT2D eigenvalue weighted by Crippen LogP contribution is 2.35. The summed E-state index contributed by atoms with van der Waals surface area (Å²) in [5.41, 5.74) is 0.894. The molecule has 0 aliphatic carbocycles. The molecule has 2 aromatic carbocycles. The van der Waals surface area contributed by atoms with Crippen molar-refractivity contribution in [2.75, 3.05) is 0 Å². The second-order valence-electron chi connectivity index (χ2n) is 4.63. The molecule has 2 rings (SSSR count). The molecule has 0 atom stereocenters.